The number of nitrogen functional groups attached to an aromatic ring is 1. The zero-order valence-electron chi connectivity index (χ0n) is 14.9. The van der Waals surface area contributed by atoms with Gasteiger partial charge < -0.3 is 10.8 Å². The number of benzene rings is 2. The van der Waals surface area contributed by atoms with Gasteiger partial charge in [-0.3, -0.25) is 0 Å². The van der Waals surface area contributed by atoms with E-state index in [2.05, 4.69) is 21.8 Å². The van der Waals surface area contributed by atoms with Crippen LogP contribution in [0.5, 0.6) is 0 Å². The Hall–Kier alpha value is -3.37. The van der Waals surface area contributed by atoms with Crippen LogP contribution in [-0.4, -0.2) is 15.1 Å². The summed E-state index contributed by atoms with van der Waals surface area (Å²) in [6.45, 7) is 1.60. The zero-order valence-corrected chi connectivity index (χ0v) is 14.9. The Balaban J connectivity index is 2.10. The Morgan fingerprint density at radius 3 is 2.39 bits per heavy atom. The molecule has 0 amide bonds. The average molecular weight is 383 g/mol. The number of nitrogens with zero attached hydrogens (tertiary/aromatic N) is 2. The summed E-state index contributed by atoms with van der Waals surface area (Å²) in [5, 5.41) is 9.10. The van der Waals surface area contributed by atoms with Crippen molar-refractivity contribution >= 4 is 5.95 Å². The van der Waals surface area contributed by atoms with Crippen LogP contribution in [0.2, 0.25) is 0 Å². The van der Waals surface area contributed by atoms with Gasteiger partial charge in [-0.25, -0.2) is 9.97 Å². The fourth-order valence-electron chi connectivity index (χ4n) is 2.62. The highest BCUT2D eigenvalue weighted by atomic mass is 19.4. The van der Waals surface area contributed by atoms with Crippen LogP contribution in [0.3, 0.4) is 0 Å². The van der Waals surface area contributed by atoms with E-state index in [-0.39, 0.29) is 23.8 Å². The summed E-state index contributed by atoms with van der Waals surface area (Å²) in [5.74, 6) is 5.86. The number of aromatic nitrogens is 2. The maximum absolute atomic E-state index is 13.1. The standard InChI is InChI=1S/C21H16F3N3O/c1-13-18(10-9-14-5-7-15(12-28)8-6-14)19(27-20(25)26-13)16-3-2-4-17(11-16)21(22,23)24/h2-8,11,28H,12H2,1H3,(H2,25,26,27). The SMILES string of the molecule is Cc1nc(N)nc(-c2cccc(C(F)(F)F)c2)c1C#Cc1ccc(CO)cc1. The summed E-state index contributed by atoms with van der Waals surface area (Å²) >= 11 is 0. The van der Waals surface area contributed by atoms with Gasteiger partial charge in [-0.05, 0) is 36.8 Å². The van der Waals surface area contributed by atoms with Crippen molar-refractivity contribution in [3.05, 3.63) is 76.5 Å². The zero-order chi connectivity index (χ0) is 20.3. The normalized spacial score (nSPS) is 11.0. The van der Waals surface area contributed by atoms with Crippen molar-refractivity contribution in [3.63, 3.8) is 0 Å². The Morgan fingerprint density at radius 1 is 1.04 bits per heavy atom. The van der Waals surface area contributed by atoms with Crippen LogP contribution in [0.1, 0.15) is 27.9 Å². The third-order valence-corrected chi connectivity index (χ3v) is 4.04. The molecule has 3 aromatic rings. The van der Waals surface area contributed by atoms with Gasteiger partial charge in [0.15, 0.2) is 0 Å². The molecule has 0 aliphatic heterocycles. The Morgan fingerprint density at radius 2 is 1.75 bits per heavy atom. The summed E-state index contributed by atoms with van der Waals surface area (Å²) in [5.41, 5.74) is 7.75. The summed E-state index contributed by atoms with van der Waals surface area (Å²) in [4.78, 5) is 8.21. The molecule has 1 aromatic heterocycles. The quantitative estimate of drug-likeness (QED) is 0.658. The molecule has 28 heavy (non-hydrogen) atoms. The van der Waals surface area contributed by atoms with Gasteiger partial charge in [-0.15, -0.1) is 0 Å². The van der Waals surface area contributed by atoms with E-state index in [9.17, 15) is 13.2 Å². The number of anilines is 1. The first-order valence-corrected chi connectivity index (χ1v) is 8.31. The van der Waals surface area contributed by atoms with Gasteiger partial charge in [-0.1, -0.05) is 36.1 Å². The van der Waals surface area contributed by atoms with Crippen molar-refractivity contribution in [2.24, 2.45) is 0 Å². The van der Waals surface area contributed by atoms with E-state index in [1.165, 1.54) is 12.1 Å². The van der Waals surface area contributed by atoms with Crippen LogP contribution in [0.25, 0.3) is 11.3 Å². The van der Waals surface area contributed by atoms with Gasteiger partial charge in [0.2, 0.25) is 5.95 Å². The van der Waals surface area contributed by atoms with Crippen molar-refractivity contribution < 1.29 is 18.3 Å². The van der Waals surface area contributed by atoms with E-state index in [4.69, 9.17) is 10.8 Å². The molecule has 2 aromatic carbocycles. The number of nitrogens with two attached hydrogens (primary N) is 1. The first kappa shape index (κ1) is 19.4. The molecule has 0 aliphatic rings. The maximum atomic E-state index is 13.1. The van der Waals surface area contributed by atoms with Crippen LogP contribution >= 0.6 is 0 Å². The summed E-state index contributed by atoms with van der Waals surface area (Å²) in [7, 11) is 0. The monoisotopic (exact) mass is 383 g/mol. The van der Waals surface area contributed by atoms with Crippen LogP contribution < -0.4 is 5.73 Å². The minimum atomic E-state index is -4.47. The average Bonchev–Trinajstić information content (AvgIpc) is 2.66. The van der Waals surface area contributed by atoms with E-state index < -0.39 is 11.7 Å². The van der Waals surface area contributed by atoms with E-state index in [0.29, 0.717) is 16.8 Å². The van der Waals surface area contributed by atoms with E-state index >= 15 is 0 Å². The molecule has 1 heterocycles. The number of halogens is 3. The summed E-state index contributed by atoms with van der Waals surface area (Å²) in [6, 6.07) is 11.8. The third-order valence-electron chi connectivity index (χ3n) is 4.04. The van der Waals surface area contributed by atoms with Crippen LogP contribution in [-0.2, 0) is 12.8 Å². The fourth-order valence-corrected chi connectivity index (χ4v) is 2.62. The van der Waals surface area contributed by atoms with Crippen molar-refractivity contribution in [3.8, 4) is 23.1 Å². The molecule has 0 fully saturated rings. The molecule has 0 spiro atoms. The topological polar surface area (TPSA) is 72.0 Å². The van der Waals surface area contributed by atoms with Crippen LogP contribution in [0.15, 0.2) is 48.5 Å². The third kappa shape index (κ3) is 4.30. The molecule has 7 heteroatoms. The van der Waals surface area contributed by atoms with Crippen molar-refractivity contribution in [1.29, 1.82) is 0 Å². The van der Waals surface area contributed by atoms with Gasteiger partial charge in [0, 0.05) is 11.1 Å². The molecule has 142 valence electrons. The van der Waals surface area contributed by atoms with Gasteiger partial charge in [0.25, 0.3) is 0 Å². The lowest BCUT2D eigenvalue weighted by Gasteiger charge is -2.11. The minimum Gasteiger partial charge on any atom is -0.392 e. The molecule has 0 aliphatic carbocycles. The number of aliphatic hydroxyl groups excluding tert-OH is 1. The van der Waals surface area contributed by atoms with Gasteiger partial charge >= 0.3 is 6.18 Å². The van der Waals surface area contributed by atoms with E-state index in [1.54, 1.807) is 31.2 Å². The number of alkyl halides is 3. The summed E-state index contributed by atoms with van der Waals surface area (Å²) in [6.07, 6.45) is -4.47. The molecule has 3 N–H and O–H groups in total. The molecule has 4 nitrogen and oxygen atoms in total. The van der Waals surface area contributed by atoms with Gasteiger partial charge in [0.05, 0.1) is 29.1 Å². The molecule has 0 saturated heterocycles. The largest absolute Gasteiger partial charge is 0.416 e. The molecule has 3 rings (SSSR count). The number of hydrogen-bond donors (Lipinski definition) is 2. The highest BCUT2D eigenvalue weighted by Crippen LogP contribution is 2.33. The van der Waals surface area contributed by atoms with Crippen LogP contribution in [0.4, 0.5) is 19.1 Å². The maximum Gasteiger partial charge on any atom is 0.416 e. The predicted octanol–water partition coefficient (Wildman–Crippen LogP) is 3.95. The Bertz CT molecular complexity index is 1060. The second kappa shape index (κ2) is 7.71. The second-order valence-corrected chi connectivity index (χ2v) is 6.07. The first-order valence-electron chi connectivity index (χ1n) is 8.31. The fraction of sp³-hybridized carbons (Fsp3) is 0.143. The van der Waals surface area contributed by atoms with Crippen molar-refractivity contribution in [2.45, 2.75) is 19.7 Å². The Labute approximate surface area is 159 Å². The number of aliphatic hydroxyl groups is 1. The molecule has 0 atom stereocenters. The molecule has 0 bridgehead atoms. The lowest BCUT2D eigenvalue weighted by atomic mass is 10.0. The number of aryl methyl sites for hydroxylation is 1. The van der Waals surface area contributed by atoms with Crippen molar-refractivity contribution in [1.82, 2.24) is 9.97 Å². The highest BCUT2D eigenvalue weighted by Gasteiger charge is 2.30. The molecule has 0 radical (unpaired) electrons. The Kier molecular flexibility index (Phi) is 5.34. The lowest BCUT2D eigenvalue weighted by molar-refractivity contribution is -0.137. The predicted molar refractivity (Wildman–Crippen MR) is 100.0 cm³/mol. The van der Waals surface area contributed by atoms with Gasteiger partial charge in [-0.2, -0.15) is 13.2 Å². The lowest BCUT2D eigenvalue weighted by Crippen LogP contribution is -2.06. The highest BCUT2D eigenvalue weighted by molar-refractivity contribution is 5.70. The van der Waals surface area contributed by atoms with Gasteiger partial charge in [0.1, 0.15) is 0 Å². The number of rotatable bonds is 2. The smallest absolute Gasteiger partial charge is 0.392 e. The minimum absolute atomic E-state index is 0.0391. The number of hydrogen-bond acceptors (Lipinski definition) is 4. The molecule has 0 saturated carbocycles. The van der Waals surface area contributed by atoms with E-state index in [1.807, 2.05) is 0 Å². The molecular formula is C21H16F3N3O. The van der Waals surface area contributed by atoms with Crippen molar-refractivity contribution in [2.75, 3.05) is 5.73 Å². The van der Waals surface area contributed by atoms with E-state index in [0.717, 1.165) is 17.7 Å². The molecular weight excluding hydrogens is 367 g/mol. The first-order chi connectivity index (χ1) is 13.3. The second-order valence-electron chi connectivity index (χ2n) is 6.07. The van der Waals surface area contributed by atoms with Crippen LogP contribution in [0, 0.1) is 18.8 Å². The molecule has 0 unspecified atom stereocenters. The summed E-state index contributed by atoms with van der Waals surface area (Å²) < 4.78 is 39.2.